The molecule has 0 fully saturated rings. The van der Waals surface area contributed by atoms with Gasteiger partial charge in [-0.3, -0.25) is 0 Å². The van der Waals surface area contributed by atoms with Crippen LogP contribution in [0.5, 0.6) is 0 Å². The number of nitrogens with zero attached hydrogens (tertiary/aromatic N) is 5. The predicted octanol–water partition coefficient (Wildman–Crippen LogP) is 16.1. The Bertz CT molecular complexity index is 3820. The van der Waals surface area contributed by atoms with E-state index in [4.69, 9.17) is 15.0 Å². The van der Waals surface area contributed by atoms with Gasteiger partial charge in [-0.25, -0.2) is 15.0 Å². The lowest BCUT2D eigenvalue weighted by atomic mass is 10.0. The van der Waals surface area contributed by atoms with E-state index in [1.54, 1.807) is 0 Å². The lowest BCUT2D eigenvalue weighted by molar-refractivity contribution is 1.07. The molecule has 0 aliphatic carbocycles. The van der Waals surface area contributed by atoms with Crippen molar-refractivity contribution in [1.29, 1.82) is 0 Å². The summed E-state index contributed by atoms with van der Waals surface area (Å²) in [6.45, 7) is 0. The van der Waals surface area contributed by atoms with Crippen LogP contribution in [0.15, 0.2) is 249 Å². The SMILES string of the molecule is c1ccc(-c2ccc3c(c2)c2cc(-c4ccccc4)ccc2n3-c2ccc(-c3ccc4c5ccccc5n(-c5ccc(-c6nc(-c7ccccc7)nc(-c7ccccc7)n6)cc5)c4c3)cc2)cc1. The molecule has 0 unspecified atom stereocenters. The molecule has 0 bridgehead atoms. The molecule has 5 heteroatoms. The van der Waals surface area contributed by atoms with Crippen LogP contribution in [0, 0.1) is 0 Å². The Morgan fingerprint density at radius 1 is 0.206 bits per heavy atom. The van der Waals surface area contributed by atoms with Crippen molar-refractivity contribution in [3.05, 3.63) is 249 Å². The standard InChI is InChI=1S/C63H41N5/c1-5-15-42(16-6-1)48-30-37-58-55(39-48)56-40-49(43-17-7-2-8-18-43)31-38-59(56)67(58)51-32-25-44(26-33-51)50-29-36-54-53-23-13-14-24-57(53)68(60(54)41-50)52-34-27-47(28-35-52)63-65-61(45-19-9-3-10-20-45)64-62(66-63)46-21-11-4-12-22-46/h1-41H. The van der Waals surface area contributed by atoms with E-state index in [0.717, 1.165) is 50.2 Å². The molecule has 0 spiro atoms. The van der Waals surface area contributed by atoms with Crippen LogP contribution < -0.4 is 0 Å². The predicted molar refractivity (Wildman–Crippen MR) is 281 cm³/mol. The molecule has 5 nitrogen and oxygen atoms in total. The van der Waals surface area contributed by atoms with Crippen molar-refractivity contribution in [2.75, 3.05) is 0 Å². The Morgan fingerprint density at radius 3 is 1.03 bits per heavy atom. The fourth-order valence-corrected chi connectivity index (χ4v) is 9.85. The van der Waals surface area contributed by atoms with Gasteiger partial charge in [0.25, 0.3) is 0 Å². The van der Waals surface area contributed by atoms with Crippen molar-refractivity contribution < 1.29 is 0 Å². The molecule has 10 aromatic carbocycles. The van der Waals surface area contributed by atoms with Crippen LogP contribution in [-0.2, 0) is 0 Å². The van der Waals surface area contributed by atoms with E-state index >= 15 is 0 Å². The third kappa shape index (κ3) is 6.84. The molecular weight excluding hydrogens is 827 g/mol. The molecule has 3 heterocycles. The summed E-state index contributed by atoms with van der Waals surface area (Å²) in [5, 5.41) is 4.88. The Hall–Kier alpha value is -9.19. The molecule has 13 aromatic rings. The lowest BCUT2D eigenvalue weighted by Gasteiger charge is -2.12. The van der Waals surface area contributed by atoms with Crippen molar-refractivity contribution in [2.24, 2.45) is 0 Å². The molecule has 0 aliphatic heterocycles. The van der Waals surface area contributed by atoms with Crippen molar-refractivity contribution in [3.63, 3.8) is 0 Å². The number of aromatic nitrogens is 5. The monoisotopic (exact) mass is 867 g/mol. The Kier molecular flexibility index (Phi) is 9.43. The van der Waals surface area contributed by atoms with E-state index < -0.39 is 0 Å². The van der Waals surface area contributed by atoms with Crippen molar-refractivity contribution in [2.45, 2.75) is 0 Å². The summed E-state index contributed by atoms with van der Waals surface area (Å²) >= 11 is 0. The van der Waals surface area contributed by atoms with Gasteiger partial charge in [0.1, 0.15) is 0 Å². The molecule has 13 rings (SSSR count). The molecule has 0 N–H and O–H groups in total. The highest BCUT2D eigenvalue weighted by atomic mass is 15.0. The first-order valence-electron chi connectivity index (χ1n) is 23.0. The van der Waals surface area contributed by atoms with E-state index in [-0.39, 0.29) is 0 Å². The number of fused-ring (bicyclic) bond motifs is 6. The highest BCUT2D eigenvalue weighted by molar-refractivity contribution is 6.12. The van der Waals surface area contributed by atoms with Crippen LogP contribution in [0.4, 0.5) is 0 Å². The zero-order valence-corrected chi connectivity index (χ0v) is 36.9. The van der Waals surface area contributed by atoms with Crippen LogP contribution in [0.3, 0.4) is 0 Å². The van der Waals surface area contributed by atoms with Gasteiger partial charge in [0.05, 0.1) is 22.1 Å². The fraction of sp³-hybridized carbons (Fsp3) is 0. The van der Waals surface area contributed by atoms with Crippen molar-refractivity contribution >= 4 is 43.6 Å². The van der Waals surface area contributed by atoms with Crippen LogP contribution in [-0.4, -0.2) is 24.1 Å². The third-order valence-corrected chi connectivity index (χ3v) is 13.2. The molecular formula is C63H41N5. The minimum absolute atomic E-state index is 0.631. The quantitative estimate of drug-likeness (QED) is 0.153. The molecule has 0 aliphatic rings. The van der Waals surface area contributed by atoms with Crippen LogP contribution in [0.1, 0.15) is 0 Å². The van der Waals surface area contributed by atoms with Gasteiger partial charge in [-0.15, -0.1) is 0 Å². The van der Waals surface area contributed by atoms with E-state index in [2.05, 4.69) is 197 Å². The van der Waals surface area contributed by atoms with Gasteiger partial charge in [-0.1, -0.05) is 176 Å². The topological polar surface area (TPSA) is 48.5 Å². The Balaban J connectivity index is 0.887. The normalized spacial score (nSPS) is 11.5. The number of hydrogen-bond donors (Lipinski definition) is 0. The van der Waals surface area contributed by atoms with E-state index in [1.165, 1.54) is 54.8 Å². The summed E-state index contributed by atoms with van der Waals surface area (Å²) in [5.74, 6) is 1.92. The first kappa shape index (κ1) is 39.2. The second kappa shape index (κ2) is 16.4. The fourth-order valence-electron chi connectivity index (χ4n) is 9.85. The number of rotatable bonds is 8. The van der Waals surface area contributed by atoms with Crippen molar-refractivity contribution in [3.8, 4) is 78.9 Å². The number of benzene rings is 10. The zero-order valence-electron chi connectivity index (χ0n) is 36.9. The first-order chi connectivity index (χ1) is 33.7. The molecule has 0 saturated heterocycles. The zero-order chi connectivity index (χ0) is 45.0. The summed E-state index contributed by atoms with van der Waals surface area (Å²) in [7, 11) is 0. The van der Waals surface area contributed by atoms with Crippen LogP contribution in [0.25, 0.3) is 123 Å². The largest absolute Gasteiger partial charge is 0.309 e. The van der Waals surface area contributed by atoms with Crippen molar-refractivity contribution in [1.82, 2.24) is 24.1 Å². The van der Waals surface area contributed by atoms with Crippen LogP contribution in [0.2, 0.25) is 0 Å². The van der Waals surface area contributed by atoms with Gasteiger partial charge < -0.3 is 9.13 Å². The maximum absolute atomic E-state index is 4.99. The molecule has 0 atom stereocenters. The highest BCUT2D eigenvalue weighted by Crippen LogP contribution is 2.39. The van der Waals surface area contributed by atoms with Gasteiger partial charge in [0, 0.05) is 49.6 Å². The van der Waals surface area contributed by atoms with Gasteiger partial charge in [0.15, 0.2) is 17.5 Å². The smallest absolute Gasteiger partial charge is 0.164 e. The molecule has 0 saturated carbocycles. The van der Waals surface area contributed by atoms with Gasteiger partial charge in [0.2, 0.25) is 0 Å². The summed E-state index contributed by atoms with van der Waals surface area (Å²) in [6.07, 6.45) is 0. The average molecular weight is 868 g/mol. The van der Waals surface area contributed by atoms with E-state index in [1.807, 2.05) is 60.7 Å². The van der Waals surface area contributed by atoms with E-state index in [0.29, 0.717) is 17.5 Å². The molecule has 0 radical (unpaired) electrons. The second-order valence-corrected chi connectivity index (χ2v) is 17.2. The second-order valence-electron chi connectivity index (χ2n) is 17.2. The van der Waals surface area contributed by atoms with Gasteiger partial charge in [-0.05, 0) is 106 Å². The Labute approximate surface area is 393 Å². The summed E-state index contributed by atoms with van der Waals surface area (Å²) in [4.78, 5) is 14.9. The van der Waals surface area contributed by atoms with Gasteiger partial charge in [-0.2, -0.15) is 0 Å². The third-order valence-electron chi connectivity index (χ3n) is 13.2. The highest BCUT2D eigenvalue weighted by Gasteiger charge is 2.18. The first-order valence-corrected chi connectivity index (χ1v) is 23.0. The maximum Gasteiger partial charge on any atom is 0.164 e. The lowest BCUT2D eigenvalue weighted by Crippen LogP contribution is -2.00. The molecule has 318 valence electrons. The average Bonchev–Trinajstić information content (AvgIpc) is 3.93. The molecule has 0 amide bonds. The summed E-state index contributed by atoms with van der Waals surface area (Å²) in [6, 6.07) is 88.4. The number of para-hydroxylation sites is 1. The molecule has 3 aromatic heterocycles. The number of hydrogen-bond acceptors (Lipinski definition) is 3. The summed E-state index contributed by atoms with van der Waals surface area (Å²) in [5.41, 5.74) is 16.8. The minimum atomic E-state index is 0.631. The van der Waals surface area contributed by atoms with Crippen LogP contribution >= 0.6 is 0 Å². The summed E-state index contributed by atoms with van der Waals surface area (Å²) < 4.78 is 4.78. The minimum Gasteiger partial charge on any atom is -0.309 e. The Morgan fingerprint density at radius 2 is 0.529 bits per heavy atom. The molecule has 68 heavy (non-hydrogen) atoms. The van der Waals surface area contributed by atoms with E-state index in [9.17, 15) is 0 Å². The van der Waals surface area contributed by atoms with Gasteiger partial charge >= 0.3 is 0 Å². The maximum atomic E-state index is 4.99.